The molecule has 0 aromatic carbocycles. The number of aromatic nitrogens is 3. The lowest BCUT2D eigenvalue weighted by Gasteiger charge is -2.14. The van der Waals surface area contributed by atoms with Gasteiger partial charge in [-0.15, -0.1) is 0 Å². The van der Waals surface area contributed by atoms with E-state index in [4.69, 9.17) is 14.0 Å². The predicted molar refractivity (Wildman–Crippen MR) is 92.7 cm³/mol. The van der Waals surface area contributed by atoms with E-state index in [1.54, 1.807) is 6.92 Å². The van der Waals surface area contributed by atoms with Crippen molar-refractivity contribution in [3.63, 3.8) is 0 Å². The number of nitrogens with one attached hydrogen (secondary N) is 1. The second-order valence-corrected chi connectivity index (χ2v) is 6.28. The zero-order chi connectivity index (χ0) is 20.3. The zero-order valence-electron chi connectivity index (χ0n) is 14.2. The van der Waals surface area contributed by atoms with Gasteiger partial charge in [-0.05, 0) is 13.0 Å². The van der Waals surface area contributed by atoms with E-state index in [-0.39, 0.29) is 22.5 Å². The third kappa shape index (κ3) is 4.67. The average Bonchev–Trinajstić information content (AvgIpc) is 3.12. The van der Waals surface area contributed by atoms with Gasteiger partial charge in [0.15, 0.2) is 28.7 Å². The zero-order valence-corrected chi connectivity index (χ0v) is 15.0. The number of hydrogen-bond donors (Lipinski definition) is 3. The highest BCUT2D eigenvalue weighted by Crippen LogP contribution is 2.37. The fourth-order valence-corrected chi connectivity index (χ4v) is 2.68. The van der Waals surface area contributed by atoms with Crippen LogP contribution in [0.4, 0.5) is 19.0 Å². The Morgan fingerprint density at radius 2 is 2.18 bits per heavy atom. The van der Waals surface area contributed by atoms with Gasteiger partial charge in [-0.1, -0.05) is 0 Å². The molecule has 0 aliphatic carbocycles. The summed E-state index contributed by atoms with van der Waals surface area (Å²) in [6, 6.07) is 2.24. The van der Waals surface area contributed by atoms with E-state index in [9.17, 15) is 18.3 Å². The number of nitrogens with zero attached hydrogens (tertiary/aromatic N) is 4. The monoisotopic (exact) mass is 417 g/mol. The molecule has 28 heavy (non-hydrogen) atoms. The topological polar surface area (TPSA) is 122 Å². The van der Waals surface area contributed by atoms with E-state index >= 15 is 0 Å². The number of amidine groups is 1. The van der Waals surface area contributed by atoms with Gasteiger partial charge in [-0.25, -0.2) is 9.98 Å². The van der Waals surface area contributed by atoms with Crippen molar-refractivity contribution >= 4 is 23.0 Å². The van der Waals surface area contributed by atoms with Gasteiger partial charge in [-0.2, -0.15) is 23.4 Å². The Balaban J connectivity index is 1.91. The standard InChI is InChI=1S/C15H14F3N5O4S/c1-7-10(2-3-20-23-7)26-11-4-8(15(16,17)18)5-19-12(11)21-14-22-13(27-28-14)9(25)6-24/h2-5,9,13,24-25H,6H2,1H3,(H,19,21,22). The summed E-state index contributed by atoms with van der Waals surface area (Å²) < 4.78 is 49.9. The first-order chi connectivity index (χ1) is 13.3. The molecule has 0 bridgehead atoms. The molecule has 1 aliphatic heterocycles. The highest BCUT2D eigenvalue weighted by atomic mass is 32.2. The van der Waals surface area contributed by atoms with Gasteiger partial charge in [0.2, 0.25) is 0 Å². The molecule has 0 amide bonds. The number of aryl methyl sites for hydroxylation is 1. The summed E-state index contributed by atoms with van der Waals surface area (Å²) in [5.41, 5.74) is -0.633. The largest absolute Gasteiger partial charge is 0.451 e. The van der Waals surface area contributed by atoms with Crippen molar-refractivity contribution in [2.24, 2.45) is 4.99 Å². The van der Waals surface area contributed by atoms with Gasteiger partial charge in [0, 0.05) is 12.3 Å². The SMILES string of the molecule is Cc1nnccc1Oc1cc(C(F)(F)F)cnc1NC1=NC(C(O)CO)OS1. The van der Waals surface area contributed by atoms with Gasteiger partial charge in [0.05, 0.1) is 30.4 Å². The molecular formula is C15H14F3N5O4S. The smallest absolute Gasteiger partial charge is 0.418 e. The van der Waals surface area contributed by atoms with Gasteiger partial charge < -0.3 is 20.3 Å². The first kappa shape index (κ1) is 20.3. The van der Waals surface area contributed by atoms with Crippen molar-refractivity contribution in [3.05, 3.63) is 35.8 Å². The van der Waals surface area contributed by atoms with E-state index in [0.717, 1.165) is 18.1 Å². The number of halogens is 3. The van der Waals surface area contributed by atoms with Crippen LogP contribution in [0, 0.1) is 6.92 Å². The van der Waals surface area contributed by atoms with Crippen molar-refractivity contribution in [2.45, 2.75) is 25.4 Å². The van der Waals surface area contributed by atoms with E-state index in [2.05, 4.69) is 25.5 Å². The molecule has 3 heterocycles. The third-order valence-electron chi connectivity index (χ3n) is 3.47. The average molecular weight is 417 g/mol. The minimum Gasteiger partial charge on any atom is -0.451 e. The number of pyridine rings is 1. The number of aliphatic hydroxyl groups is 2. The number of aliphatic hydroxyl groups excluding tert-OH is 2. The lowest BCUT2D eigenvalue weighted by Crippen LogP contribution is -2.27. The number of anilines is 1. The van der Waals surface area contributed by atoms with Crippen LogP contribution in [0.3, 0.4) is 0 Å². The van der Waals surface area contributed by atoms with Crippen LogP contribution in [-0.2, 0) is 10.4 Å². The van der Waals surface area contributed by atoms with E-state index in [0.29, 0.717) is 11.9 Å². The number of alkyl halides is 3. The first-order valence-corrected chi connectivity index (χ1v) is 8.52. The predicted octanol–water partition coefficient (Wildman–Crippen LogP) is 2.12. The molecule has 3 N–H and O–H groups in total. The maximum Gasteiger partial charge on any atom is 0.418 e. The van der Waals surface area contributed by atoms with Crippen LogP contribution in [0.15, 0.2) is 29.5 Å². The molecule has 2 unspecified atom stereocenters. The van der Waals surface area contributed by atoms with Gasteiger partial charge >= 0.3 is 6.18 Å². The van der Waals surface area contributed by atoms with Crippen LogP contribution in [0.2, 0.25) is 0 Å². The number of ether oxygens (including phenoxy) is 1. The fraction of sp³-hybridized carbons (Fsp3) is 0.333. The minimum atomic E-state index is -4.62. The summed E-state index contributed by atoms with van der Waals surface area (Å²) in [6.45, 7) is 1.02. The van der Waals surface area contributed by atoms with Gasteiger partial charge in [0.25, 0.3) is 0 Å². The normalized spacial score (nSPS) is 17.9. The van der Waals surface area contributed by atoms with Crippen LogP contribution >= 0.6 is 12.0 Å². The molecule has 1 aliphatic rings. The number of aliphatic imine (C=N–C) groups is 1. The molecule has 13 heteroatoms. The lowest BCUT2D eigenvalue weighted by molar-refractivity contribution is -0.137. The molecular weight excluding hydrogens is 403 g/mol. The highest BCUT2D eigenvalue weighted by Gasteiger charge is 2.33. The molecule has 0 spiro atoms. The minimum absolute atomic E-state index is 0.0572. The van der Waals surface area contributed by atoms with Crippen molar-refractivity contribution in [2.75, 3.05) is 11.9 Å². The van der Waals surface area contributed by atoms with Crippen LogP contribution in [0.1, 0.15) is 11.3 Å². The Morgan fingerprint density at radius 1 is 1.39 bits per heavy atom. The molecule has 3 rings (SSSR count). The van der Waals surface area contributed by atoms with Gasteiger partial charge in [-0.3, -0.25) is 4.18 Å². The van der Waals surface area contributed by atoms with Crippen molar-refractivity contribution in [3.8, 4) is 11.5 Å². The summed E-state index contributed by atoms with van der Waals surface area (Å²) >= 11 is 0.745. The quantitative estimate of drug-likeness (QED) is 0.628. The van der Waals surface area contributed by atoms with Crippen LogP contribution in [-0.4, -0.2) is 49.5 Å². The van der Waals surface area contributed by atoms with Crippen LogP contribution in [0.5, 0.6) is 11.5 Å². The van der Waals surface area contributed by atoms with Crippen LogP contribution in [0.25, 0.3) is 0 Å². The van der Waals surface area contributed by atoms with E-state index < -0.39 is 30.7 Å². The summed E-state index contributed by atoms with van der Waals surface area (Å²) in [5.74, 6) is -0.0800. The fourth-order valence-electron chi connectivity index (χ4n) is 2.04. The molecule has 0 radical (unpaired) electrons. The molecule has 150 valence electrons. The second kappa shape index (κ2) is 8.26. The Morgan fingerprint density at radius 3 is 2.86 bits per heavy atom. The third-order valence-corrected chi connectivity index (χ3v) is 4.13. The second-order valence-electron chi connectivity index (χ2n) is 5.53. The van der Waals surface area contributed by atoms with Crippen molar-refractivity contribution in [1.29, 1.82) is 0 Å². The van der Waals surface area contributed by atoms with Crippen molar-refractivity contribution in [1.82, 2.24) is 15.2 Å². The number of hydrogen-bond acceptors (Lipinski definition) is 10. The summed E-state index contributed by atoms with van der Waals surface area (Å²) in [6.07, 6.45) is -4.90. The summed E-state index contributed by atoms with van der Waals surface area (Å²) in [5, 5.41) is 28.7. The van der Waals surface area contributed by atoms with Gasteiger partial charge in [0.1, 0.15) is 11.8 Å². The maximum absolute atomic E-state index is 13.1. The Labute approximate surface area is 160 Å². The summed E-state index contributed by atoms with van der Waals surface area (Å²) in [7, 11) is 0. The summed E-state index contributed by atoms with van der Waals surface area (Å²) in [4.78, 5) is 7.76. The Kier molecular flexibility index (Phi) is 5.98. The first-order valence-electron chi connectivity index (χ1n) is 7.78. The maximum atomic E-state index is 13.1. The Bertz CT molecular complexity index is 883. The lowest BCUT2D eigenvalue weighted by atomic mass is 10.2. The molecule has 2 aromatic heterocycles. The van der Waals surface area contributed by atoms with Crippen molar-refractivity contribution < 1.29 is 32.3 Å². The molecule has 0 fully saturated rings. The molecule has 2 aromatic rings. The number of rotatable bonds is 5. The highest BCUT2D eigenvalue weighted by molar-refractivity contribution is 8.10. The Hall–Kier alpha value is -2.48. The molecule has 9 nitrogen and oxygen atoms in total. The van der Waals surface area contributed by atoms with E-state index in [1.807, 2.05) is 0 Å². The molecule has 0 saturated carbocycles. The molecule has 2 atom stereocenters. The molecule has 0 saturated heterocycles. The van der Waals surface area contributed by atoms with E-state index in [1.165, 1.54) is 12.3 Å². The van der Waals surface area contributed by atoms with Crippen LogP contribution < -0.4 is 10.1 Å².